The molecule has 0 atom stereocenters. The van der Waals surface area contributed by atoms with Gasteiger partial charge in [-0.15, -0.1) is 0 Å². The van der Waals surface area contributed by atoms with Gasteiger partial charge in [0, 0.05) is 5.70 Å². The fourth-order valence-corrected chi connectivity index (χ4v) is 2.93. The highest BCUT2D eigenvalue weighted by molar-refractivity contribution is 5.85. The first-order chi connectivity index (χ1) is 10.7. The molecular formula is C21H21N. The Morgan fingerprint density at radius 1 is 1.05 bits per heavy atom. The van der Waals surface area contributed by atoms with E-state index in [0.717, 1.165) is 18.4 Å². The van der Waals surface area contributed by atoms with Crippen LogP contribution in [-0.2, 0) is 0 Å². The number of hydrogen-bond donors (Lipinski definition) is 1. The van der Waals surface area contributed by atoms with E-state index in [4.69, 9.17) is 5.73 Å². The van der Waals surface area contributed by atoms with Crippen LogP contribution in [0.3, 0.4) is 0 Å². The summed E-state index contributed by atoms with van der Waals surface area (Å²) in [4.78, 5) is 0. The second kappa shape index (κ2) is 6.07. The first-order valence-corrected chi connectivity index (χ1v) is 7.68. The largest absolute Gasteiger partial charge is 0.399 e. The summed E-state index contributed by atoms with van der Waals surface area (Å²) in [6, 6.07) is 14.8. The van der Waals surface area contributed by atoms with Crippen molar-refractivity contribution < 1.29 is 0 Å². The molecule has 2 aromatic rings. The third-order valence-electron chi connectivity index (χ3n) is 4.17. The van der Waals surface area contributed by atoms with Gasteiger partial charge in [-0.3, -0.25) is 0 Å². The molecule has 0 aliphatic heterocycles. The van der Waals surface area contributed by atoms with Gasteiger partial charge in [0.15, 0.2) is 0 Å². The predicted molar refractivity (Wildman–Crippen MR) is 96.2 cm³/mol. The highest BCUT2D eigenvalue weighted by Gasteiger charge is 2.12. The molecule has 0 unspecified atom stereocenters. The number of rotatable bonds is 3. The maximum atomic E-state index is 5.98. The molecule has 0 spiro atoms. The molecule has 0 amide bonds. The molecule has 0 bridgehead atoms. The zero-order chi connectivity index (χ0) is 15.5. The molecule has 0 saturated heterocycles. The highest BCUT2D eigenvalue weighted by atomic mass is 14.6. The Morgan fingerprint density at radius 2 is 1.77 bits per heavy atom. The topological polar surface area (TPSA) is 26.0 Å². The van der Waals surface area contributed by atoms with Crippen LogP contribution in [-0.4, -0.2) is 0 Å². The Hall–Kier alpha value is -2.54. The molecule has 2 aromatic carbocycles. The lowest BCUT2D eigenvalue weighted by atomic mass is 9.88. The number of benzene rings is 2. The quantitative estimate of drug-likeness (QED) is 0.811. The van der Waals surface area contributed by atoms with Crippen LogP contribution in [0.1, 0.15) is 29.5 Å². The smallest absolute Gasteiger partial charge is 0.0315 e. The van der Waals surface area contributed by atoms with Gasteiger partial charge in [-0.1, -0.05) is 55.1 Å². The van der Waals surface area contributed by atoms with Gasteiger partial charge in [0.25, 0.3) is 0 Å². The fourth-order valence-electron chi connectivity index (χ4n) is 2.93. The van der Waals surface area contributed by atoms with Crippen LogP contribution >= 0.6 is 0 Å². The van der Waals surface area contributed by atoms with Gasteiger partial charge in [-0.2, -0.15) is 0 Å². The standard InChI is InChI=1S/C21H21N/c1-15-20(17-9-5-3-6-10-17)13-19(16(2)22)14-21(15)18-11-7-4-8-12-18/h3,5-7,9-14H,2,4,8,22H2,1H3. The van der Waals surface area contributed by atoms with Crippen LogP contribution in [0, 0.1) is 6.92 Å². The molecule has 0 saturated carbocycles. The summed E-state index contributed by atoms with van der Waals surface area (Å²) in [5.41, 5.74) is 13.8. The molecule has 110 valence electrons. The summed E-state index contributed by atoms with van der Waals surface area (Å²) in [6.07, 6.45) is 8.97. The van der Waals surface area contributed by atoms with Crippen molar-refractivity contribution in [2.75, 3.05) is 0 Å². The average molecular weight is 287 g/mol. The lowest BCUT2D eigenvalue weighted by Crippen LogP contribution is -2.00. The van der Waals surface area contributed by atoms with Crippen LogP contribution in [0.2, 0.25) is 0 Å². The molecule has 0 aromatic heterocycles. The molecular weight excluding hydrogens is 266 g/mol. The SMILES string of the molecule is C=C(N)c1cc(C2=CCCC=C2)c(C)c(-c2ccccc2)c1. The Labute approximate surface area is 132 Å². The van der Waals surface area contributed by atoms with E-state index in [1.54, 1.807) is 0 Å². The van der Waals surface area contributed by atoms with Crippen LogP contribution < -0.4 is 5.73 Å². The Kier molecular flexibility index (Phi) is 3.97. The second-order valence-electron chi connectivity index (χ2n) is 5.73. The van der Waals surface area contributed by atoms with Crippen LogP contribution in [0.4, 0.5) is 0 Å². The second-order valence-corrected chi connectivity index (χ2v) is 5.73. The third kappa shape index (κ3) is 2.75. The highest BCUT2D eigenvalue weighted by Crippen LogP contribution is 2.33. The lowest BCUT2D eigenvalue weighted by Gasteiger charge is -2.17. The van der Waals surface area contributed by atoms with Gasteiger partial charge < -0.3 is 5.73 Å². The molecule has 22 heavy (non-hydrogen) atoms. The lowest BCUT2D eigenvalue weighted by molar-refractivity contribution is 1.04. The van der Waals surface area contributed by atoms with Crippen molar-refractivity contribution in [3.63, 3.8) is 0 Å². The fraction of sp³-hybridized carbons (Fsp3) is 0.143. The third-order valence-corrected chi connectivity index (χ3v) is 4.17. The van der Waals surface area contributed by atoms with Crippen molar-refractivity contribution in [2.45, 2.75) is 19.8 Å². The van der Waals surface area contributed by atoms with Gasteiger partial charge in [-0.05, 0) is 65.3 Å². The Morgan fingerprint density at radius 3 is 2.41 bits per heavy atom. The van der Waals surface area contributed by atoms with Crippen LogP contribution in [0.15, 0.2) is 67.3 Å². The summed E-state index contributed by atoms with van der Waals surface area (Å²) >= 11 is 0. The van der Waals surface area contributed by atoms with Gasteiger partial charge in [-0.25, -0.2) is 0 Å². The molecule has 0 radical (unpaired) electrons. The van der Waals surface area contributed by atoms with Crippen molar-refractivity contribution in [3.05, 3.63) is 84.0 Å². The van der Waals surface area contributed by atoms with E-state index in [0.29, 0.717) is 5.70 Å². The zero-order valence-electron chi connectivity index (χ0n) is 13.0. The van der Waals surface area contributed by atoms with E-state index >= 15 is 0 Å². The maximum absolute atomic E-state index is 5.98. The molecule has 1 aliphatic rings. The molecule has 3 rings (SSSR count). The molecule has 1 aliphatic carbocycles. The van der Waals surface area contributed by atoms with Crippen molar-refractivity contribution in [3.8, 4) is 11.1 Å². The Balaban J connectivity index is 2.22. The van der Waals surface area contributed by atoms with Crippen molar-refractivity contribution in [2.24, 2.45) is 5.73 Å². The summed E-state index contributed by atoms with van der Waals surface area (Å²) in [7, 11) is 0. The number of allylic oxidation sites excluding steroid dienone is 4. The molecule has 1 heteroatoms. The first kappa shape index (κ1) is 14.4. The minimum absolute atomic E-state index is 0.610. The summed E-state index contributed by atoms with van der Waals surface area (Å²) in [6.45, 7) is 6.10. The van der Waals surface area contributed by atoms with Gasteiger partial charge in [0.05, 0.1) is 0 Å². The zero-order valence-corrected chi connectivity index (χ0v) is 13.0. The molecule has 0 heterocycles. The number of hydrogen-bond acceptors (Lipinski definition) is 1. The Bertz CT molecular complexity index is 764. The van der Waals surface area contributed by atoms with Gasteiger partial charge in [0.2, 0.25) is 0 Å². The average Bonchev–Trinajstić information content (AvgIpc) is 2.56. The van der Waals surface area contributed by atoms with Crippen LogP contribution in [0.25, 0.3) is 22.4 Å². The van der Waals surface area contributed by atoms with Crippen LogP contribution in [0.5, 0.6) is 0 Å². The van der Waals surface area contributed by atoms with E-state index in [9.17, 15) is 0 Å². The van der Waals surface area contributed by atoms with Gasteiger partial charge >= 0.3 is 0 Å². The molecule has 1 nitrogen and oxygen atoms in total. The van der Waals surface area contributed by atoms with Crippen molar-refractivity contribution in [1.29, 1.82) is 0 Å². The molecule has 0 fully saturated rings. The van der Waals surface area contributed by atoms with Crippen molar-refractivity contribution >= 4 is 11.3 Å². The monoisotopic (exact) mass is 287 g/mol. The maximum Gasteiger partial charge on any atom is 0.0315 e. The summed E-state index contributed by atoms with van der Waals surface area (Å²) < 4.78 is 0. The first-order valence-electron chi connectivity index (χ1n) is 7.68. The van der Waals surface area contributed by atoms with Gasteiger partial charge in [0.1, 0.15) is 0 Å². The van der Waals surface area contributed by atoms with E-state index in [1.165, 1.54) is 27.8 Å². The van der Waals surface area contributed by atoms with E-state index in [-0.39, 0.29) is 0 Å². The minimum atomic E-state index is 0.610. The normalized spacial score (nSPS) is 13.8. The van der Waals surface area contributed by atoms with Crippen molar-refractivity contribution in [1.82, 2.24) is 0 Å². The summed E-state index contributed by atoms with van der Waals surface area (Å²) in [5.74, 6) is 0. The molecule has 2 N–H and O–H groups in total. The van der Waals surface area contributed by atoms with E-state index < -0.39 is 0 Å². The summed E-state index contributed by atoms with van der Waals surface area (Å²) in [5, 5.41) is 0. The predicted octanol–water partition coefficient (Wildman–Crippen LogP) is 5.32. The minimum Gasteiger partial charge on any atom is -0.399 e. The van der Waals surface area contributed by atoms with E-state index in [1.807, 2.05) is 6.07 Å². The number of nitrogens with two attached hydrogens (primary N) is 1. The van der Waals surface area contributed by atoms with E-state index in [2.05, 4.69) is 68.1 Å².